The highest BCUT2D eigenvalue weighted by Crippen LogP contribution is 2.23. The van der Waals surface area contributed by atoms with Crippen LogP contribution in [0.2, 0.25) is 0 Å². The molecule has 94 valence electrons. The van der Waals surface area contributed by atoms with Gasteiger partial charge in [0.2, 0.25) is 0 Å². The van der Waals surface area contributed by atoms with Crippen LogP contribution in [0.4, 0.5) is 0 Å². The Bertz CT molecular complexity index is 567. The molecule has 0 aromatic carbocycles. The molecule has 0 atom stereocenters. The molecule has 0 aliphatic carbocycles. The molecule has 0 amide bonds. The van der Waals surface area contributed by atoms with E-state index < -0.39 is 0 Å². The van der Waals surface area contributed by atoms with Crippen molar-refractivity contribution in [3.8, 4) is 11.4 Å². The summed E-state index contributed by atoms with van der Waals surface area (Å²) in [6, 6.07) is 3.72. The minimum atomic E-state index is -0.161. The van der Waals surface area contributed by atoms with Crippen LogP contribution in [0.1, 0.15) is 31.1 Å². The number of carbonyl (C=O) groups excluding carboxylic acids is 1. The summed E-state index contributed by atoms with van der Waals surface area (Å²) in [6.07, 6.45) is 4.26. The number of halogens is 1. The predicted octanol–water partition coefficient (Wildman–Crippen LogP) is 3.28. The molecule has 0 radical (unpaired) electrons. The Hall–Kier alpha value is -1.49. The smallest absolute Gasteiger partial charge is 0.153 e. The van der Waals surface area contributed by atoms with Gasteiger partial charge in [-0.05, 0) is 48.8 Å². The van der Waals surface area contributed by atoms with E-state index in [-0.39, 0.29) is 5.54 Å². The van der Waals surface area contributed by atoms with Crippen molar-refractivity contribution in [2.45, 2.75) is 26.3 Å². The van der Waals surface area contributed by atoms with Crippen molar-refractivity contribution in [3.63, 3.8) is 0 Å². The van der Waals surface area contributed by atoms with E-state index >= 15 is 0 Å². The number of hydrogen-bond donors (Lipinski definition) is 0. The number of aldehydes is 1. The molecule has 0 bridgehead atoms. The average molecular weight is 308 g/mol. The third-order valence-electron chi connectivity index (χ3n) is 2.53. The summed E-state index contributed by atoms with van der Waals surface area (Å²) in [5, 5.41) is 4.46. The van der Waals surface area contributed by atoms with Gasteiger partial charge in [0, 0.05) is 16.9 Å². The minimum absolute atomic E-state index is 0.161. The molecule has 2 heterocycles. The maximum Gasteiger partial charge on any atom is 0.153 e. The molecule has 0 aliphatic heterocycles. The number of hydrogen-bond acceptors (Lipinski definition) is 3. The Morgan fingerprint density at radius 2 is 2.06 bits per heavy atom. The standard InChI is InChI=1S/C13H14BrN3O/c1-13(2,3)17-7-9(8-18)12(16-17)11-5-4-10(14)6-15-11/h4-8H,1-3H3. The predicted molar refractivity (Wildman–Crippen MR) is 73.5 cm³/mol. The second kappa shape index (κ2) is 4.65. The lowest BCUT2D eigenvalue weighted by Gasteiger charge is -2.18. The Balaban J connectivity index is 2.53. The highest BCUT2D eigenvalue weighted by atomic mass is 79.9. The molecule has 0 saturated heterocycles. The van der Waals surface area contributed by atoms with Crippen molar-refractivity contribution in [2.24, 2.45) is 0 Å². The normalized spacial score (nSPS) is 11.6. The largest absolute Gasteiger partial charge is 0.298 e. The summed E-state index contributed by atoms with van der Waals surface area (Å²) in [5.74, 6) is 0. The number of carbonyl (C=O) groups is 1. The molecule has 4 nitrogen and oxygen atoms in total. The number of aromatic nitrogens is 3. The quantitative estimate of drug-likeness (QED) is 0.800. The number of rotatable bonds is 2. The van der Waals surface area contributed by atoms with Crippen molar-refractivity contribution in [1.29, 1.82) is 0 Å². The first-order valence-corrected chi connectivity index (χ1v) is 6.38. The van der Waals surface area contributed by atoms with Crippen LogP contribution in [-0.2, 0) is 5.54 Å². The molecule has 2 aromatic rings. The minimum Gasteiger partial charge on any atom is -0.298 e. The van der Waals surface area contributed by atoms with E-state index in [0.29, 0.717) is 17.0 Å². The lowest BCUT2D eigenvalue weighted by Crippen LogP contribution is -2.22. The van der Waals surface area contributed by atoms with Crippen LogP contribution in [0.5, 0.6) is 0 Å². The second-order valence-corrected chi connectivity index (χ2v) is 5.94. The van der Waals surface area contributed by atoms with E-state index in [0.717, 1.165) is 10.8 Å². The van der Waals surface area contributed by atoms with Crippen LogP contribution in [0.15, 0.2) is 29.0 Å². The number of pyridine rings is 1. The molecule has 0 spiro atoms. The van der Waals surface area contributed by atoms with Gasteiger partial charge in [0.15, 0.2) is 6.29 Å². The lowest BCUT2D eigenvalue weighted by molar-refractivity contribution is 0.112. The van der Waals surface area contributed by atoms with Crippen LogP contribution in [0.3, 0.4) is 0 Å². The molecule has 0 N–H and O–H groups in total. The third kappa shape index (κ3) is 2.51. The van der Waals surface area contributed by atoms with Crippen LogP contribution in [0.25, 0.3) is 11.4 Å². The summed E-state index contributed by atoms with van der Waals surface area (Å²) in [6.45, 7) is 6.11. The van der Waals surface area contributed by atoms with Gasteiger partial charge in [-0.2, -0.15) is 5.10 Å². The van der Waals surface area contributed by atoms with E-state index in [1.807, 2.05) is 32.9 Å². The Morgan fingerprint density at radius 1 is 1.33 bits per heavy atom. The highest BCUT2D eigenvalue weighted by Gasteiger charge is 2.19. The fourth-order valence-electron chi connectivity index (χ4n) is 1.53. The van der Waals surface area contributed by atoms with Crippen molar-refractivity contribution in [3.05, 3.63) is 34.6 Å². The first-order valence-electron chi connectivity index (χ1n) is 5.59. The Labute approximate surface area is 114 Å². The average Bonchev–Trinajstić information content (AvgIpc) is 2.73. The van der Waals surface area contributed by atoms with E-state index in [2.05, 4.69) is 26.0 Å². The summed E-state index contributed by atoms with van der Waals surface area (Å²) in [7, 11) is 0. The van der Waals surface area contributed by atoms with Gasteiger partial charge < -0.3 is 0 Å². The molecule has 2 aromatic heterocycles. The molecule has 5 heteroatoms. The van der Waals surface area contributed by atoms with Gasteiger partial charge in [-0.25, -0.2) is 0 Å². The van der Waals surface area contributed by atoms with Crippen LogP contribution in [-0.4, -0.2) is 21.1 Å². The van der Waals surface area contributed by atoms with Crippen molar-refractivity contribution < 1.29 is 4.79 Å². The summed E-state index contributed by atoms with van der Waals surface area (Å²) < 4.78 is 2.68. The molecule has 0 unspecified atom stereocenters. The van der Waals surface area contributed by atoms with E-state index in [4.69, 9.17) is 0 Å². The number of nitrogens with zero attached hydrogens (tertiary/aromatic N) is 3. The van der Waals surface area contributed by atoms with Crippen molar-refractivity contribution in [1.82, 2.24) is 14.8 Å². The Morgan fingerprint density at radius 3 is 2.56 bits per heavy atom. The molecular weight excluding hydrogens is 294 g/mol. The van der Waals surface area contributed by atoms with Gasteiger partial charge >= 0.3 is 0 Å². The molecule has 18 heavy (non-hydrogen) atoms. The lowest BCUT2D eigenvalue weighted by atomic mass is 10.1. The SMILES string of the molecule is CC(C)(C)n1cc(C=O)c(-c2ccc(Br)cn2)n1. The zero-order chi connectivity index (χ0) is 13.3. The molecule has 2 rings (SSSR count). The second-order valence-electron chi connectivity index (χ2n) is 5.03. The van der Waals surface area contributed by atoms with Crippen LogP contribution in [0, 0.1) is 0 Å². The maximum absolute atomic E-state index is 11.1. The topological polar surface area (TPSA) is 47.8 Å². The van der Waals surface area contributed by atoms with Crippen molar-refractivity contribution >= 4 is 22.2 Å². The van der Waals surface area contributed by atoms with Gasteiger partial charge in [0.1, 0.15) is 5.69 Å². The molecular formula is C13H14BrN3O. The Kier molecular flexibility index (Phi) is 3.34. The zero-order valence-electron chi connectivity index (χ0n) is 10.5. The van der Waals surface area contributed by atoms with Crippen LogP contribution >= 0.6 is 15.9 Å². The third-order valence-corrected chi connectivity index (χ3v) is 3.00. The van der Waals surface area contributed by atoms with E-state index in [9.17, 15) is 4.79 Å². The van der Waals surface area contributed by atoms with Gasteiger partial charge in [-0.1, -0.05) is 0 Å². The first-order chi connectivity index (χ1) is 8.41. The van der Waals surface area contributed by atoms with Gasteiger partial charge in [-0.15, -0.1) is 0 Å². The molecule has 0 saturated carbocycles. The summed E-state index contributed by atoms with van der Waals surface area (Å²) >= 11 is 3.33. The molecule has 0 aliphatic rings. The van der Waals surface area contributed by atoms with Gasteiger partial charge in [-0.3, -0.25) is 14.5 Å². The van der Waals surface area contributed by atoms with Gasteiger partial charge in [0.25, 0.3) is 0 Å². The highest BCUT2D eigenvalue weighted by molar-refractivity contribution is 9.10. The first kappa shape index (κ1) is 13.0. The fraction of sp³-hybridized carbons (Fsp3) is 0.308. The fourth-order valence-corrected chi connectivity index (χ4v) is 1.77. The van der Waals surface area contributed by atoms with E-state index in [1.54, 1.807) is 17.1 Å². The summed E-state index contributed by atoms with van der Waals surface area (Å²) in [4.78, 5) is 15.4. The maximum atomic E-state index is 11.1. The zero-order valence-corrected chi connectivity index (χ0v) is 12.1. The van der Waals surface area contributed by atoms with Gasteiger partial charge in [0.05, 0.1) is 16.8 Å². The van der Waals surface area contributed by atoms with Crippen molar-refractivity contribution in [2.75, 3.05) is 0 Å². The summed E-state index contributed by atoms with van der Waals surface area (Å²) in [5.41, 5.74) is 1.71. The van der Waals surface area contributed by atoms with Crippen LogP contribution < -0.4 is 0 Å². The monoisotopic (exact) mass is 307 g/mol. The molecule has 0 fully saturated rings. The van der Waals surface area contributed by atoms with E-state index in [1.165, 1.54) is 0 Å².